The second kappa shape index (κ2) is 5.61. The van der Waals surface area contributed by atoms with Crippen molar-refractivity contribution in [2.24, 2.45) is 0 Å². The molecule has 17 heavy (non-hydrogen) atoms. The summed E-state index contributed by atoms with van der Waals surface area (Å²) in [5.41, 5.74) is 0.750. The first kappa shape index (κ1) is 13.4. The van der Waals surface area contributed by atoms with Crippen molar-refractivity contribution in [3.8, 4) is 0 Å². The van der Waals surface area contributed by atoms with E-state index in [1.165, 1.54) is 25.1 Å². The Morgan fingerprint density at radius 1 is 1.53 bits per heavy atom. The molecule has 6 heteroatoms. The van der Waals surface area contributed by atoms with Gasteiger partial charge in [-0.15, -0.1) is 0 Å². The zero-order valence-electron chi connectivity index (χ0n) is 9.34. The topological polar surface area (TPSA) is 80.4 Å². The third-order valence-electron chi connectivity index (χ3n) is 2.13. The molecule has 90 valence electrons. The number of aliphatic carboxylic acids is 1. The van der Waals surface area contributed by atoms with E-state index in [1.807, 2.05) is 5.82 Å². The van der Waals surface area contributed by atoms with Gasteiger partial charge in [-0.1, -0.05) is 0 Å². The summed E-state index contributed by atoms with van der Waals surface area (Å²) in [6, 6.07) is 4.53. The molecule has 0 unspecified atom stereocenters. The monoisotopic (exact) mass is 301 g/mol. The minimum absolute atomic E-state index is 0.0255. The number of nitro groups is 1. The quantitative estimate of drug-likeness (QED) is 0.395. The van der Waals surface area contributed by atoms with E-state index in [2.05, 4.69) is 0 Å². The molecule has 1 rings (SSSR count). The van der Waals surface area contributed by atoms with Gasteiger partial charge in [0.2, 0.25) is 0 Å². The summed E-state index contributed by atoms with van der Waals surface area (Å²) < 4.78 is 0.948. The Balaban J connectivity index is 3.28. The Kier molecular flexibility index (Phi) is 4.43. The van der Waals surface area contributed by atoms with E-state index in [0.717, 1.165) is 4.46 Å². The molecule has 1 aromatic carbocycles. The number of rotatable bonds is 4. The van der Waals surface area contributed by atoms with Gasteiger partial charge in [-0.2, -0.15) is 0 Å². The first-order valence-electron chi connectivity index (χ1n) is 4.69. The fourth-order valence-electron chi connectivity index (χ4n) is 1.24. The first-order chi connectivity index (χ1) is 7.95. The zero-order chi connectivity index (χ0) is 13.0. The first-order valence-corrected chi connectivity index (χ1v) is 7.26. The number of hydrogen-bond donors (Lipinski definition) is 1. The van der Waals surface area contributed by atoms with E-state index < -0.39 is 10.9 Å². The second-order valence-electron chi connectivity index (χ2n) is 3.32. The molecule has 1 aromatic rings. The number of carboxylic acid groups (broad SMARTS) is 1. The predicted molar refractivity (Wildman–Crippen MR) is 65.6 cm³/mol. The van der Waals surface area contributed by atoms with Crippen molar-refractivity contribution in [2.75, 3.05) is 0 Å². The van der Waals surface area contributed by atoms with E-state index in [0.29, 0.717) is 5.56 Å². The molecule has 0 aliphatic carbocycles. The Morgan fingerprint density at radius 3 is 2.65 bits per heavy atom. The van der Waals surface area contributed by atoms with Crippen LogP contribution in [0.25, 0.3) is 6.08 Å². The molecular formula is C11H11NO4Se. The van der Waals surface area contributed by atoms with E-state index in [4.69, 9.17) is 5.11 Å². The molecule has 0 saturated carbocycles. The number of carboxylic acids is 1. The van der Waals surface area contributed by atoms with Crippen LogP contribution in [-0.2, 0) is 4.79 Å². The molecule has 0 heterocycles. The number of nitrogens with zero attached hydrogens (tertiary/aromatic N) is 1. The van der Waals surface area contributed by atoms with Gasteiger partial charge in [0, 0.05) is 0 Å². The summed E-state index contributed by atoms with van der Waals surface area (Å²) in [6.07, 6.45) is 1.47. The predicted octanol–water partition coefficient (Wildman–Crippen LogP) is 1.46. The van der Waals surface area contributed by atoms with Crippen LogP contribution in [-0.4, -0.2) is 31.0 Å². The van der Waals surface area contributed by atoms with Crippen LogP contribution in [0.2, 0.25) is 5.82 Å². The summed E-state index contributed by atoms with van der Waals surface area (Å²) in [6.45, 7) is 1.47. The molecule has 0 aliphatic heterocycles. The van der Waals surface area contributed by atoms with Gasteiger partial charge < -0.3 is 0 Å². The summed E-state index contributed by atoms with van der Waals surface area (Å²) in [5.74, 6) is 0.952. The number of benzene rings is 1. The van der Waals surface area contributed by atoms with Crippen LogP contribution in [0.3, 0.4) is 0 Å². The van der Waals surface area contributed by atoms with Gasteiger partial charge in [-0.3, -0.25) is 0 Å². The van der Waals surface area contributed by atoms with Gasteiger partial charge in [-0.05, 0) is 0 Å². The minimum atomic E-state index is -1.02. The van der Waals surface area contributed by atoms with Gasteiger partial charge >= 0.3 is 104 Å². The van der Waals surface area contributed by atoms with E-state index in [1.54, 1.807) is 6.07 Å². The number of non-ortho nitro benzene ring substituents is 1. The molecule has 0 atom stereocenters. The molecule has 0 radical (unpaired) electrons. The Morgan fingerprint density at radius 2 is 2.18 bits per heavy atom. The van der Waals surface area contributed by atoms with Crippen LogP contribution in [0.4, 0.5) is 5.69 Å². The average Bonchev–Trinajstić information content (AvgIpc) is 2.28. The maximum absolute atomic E-state index is 10.7. The van der Waals surface area contributed by atoms with Crippen molar-refractivity contribution >= 4 is 37.2 Å². The Hall–Kier alpha value is -1.65. The summed E-state index contributed by atoms with van der Waals surface area (Å²) in [5, 5.41) is 19.4. The fraction of sp³-hybridized carbons (Fsp3) is 0.182. The van der Waals surface area contributed by atoms with Gasteiger partial charge in [0.25, 0.3) is 0 Å². The Labute approximate surface area is 104 Å². The van der Waals surface area contributed by atoms with E-state index in [-0.39, 0.29) is 26.2 Å². The van der Waals surface area contributed by atoms with Crippen LogP contribution in [0.1, 0.15) is 12.5 Å². The third-order valence-corrected chi connectivity index (χ3v) is 3.84. The van der Waals surface area contributed by atoms with Crippen molar-refractivity contribution in [3.05, 3.63) is 39.4 Å². The average molecular weight is 300 g/mol. The summed E-state index contributed by atoms with van der Waals surface area (Å²) in [7, 11) is 0. The van der Waals surface area contributed by atoms with Gasteiger partial charge in [0.1, 0.15) is 0 Å². The molecular weight excluding hydrogens is 289 g/mol. The van der Waals surface area contributed by atoms with Crippen molar-refractivity contribution in [2.45, 2.75) is 12.7 Å². The van der Waals surface area contributed by atoms with Gasteiger partial charge in [-0.25, -0.2) is 0 Å². The molecule has 0 aliphatic rings. The summed E-state index contributed by atoms with van der Waals surface area (Å²) in [4.78, 5) is 20.9. The van der Waals surface area contributed by atoms with Gasteiger partial charge in [0.05, 0.1) is 0 Å². The molecule has 0 fully saturated rings. The van der Waals surface area contributed by atoms with Crippen LogP contribution < -0.4 is 4.46 Å². The Bertz CT molecular complexity index is 496. The zero-order valence-corrected chi connectivity index (χ0v) is 11.0. The third kappa shape index (κ3) is 3.41. The van der Waals surface area contributed by atoms with Crippen molar-refractivity contribution in [1.29, 1.82) is 0 Å². The van der Waals surface area contributed by atoms with Crippen LogP contribution in [0, 0.1) is 10.1 Å². The molecule has 1 N–H and O–H groups in total. The van der Waals surface area contributed by atoms with Crippen molar-refractivity contribution in [1.82, 2.24) is 0 Å². The SMILES string of the molecule is C[Se]c1ccc([N+](=O)[O-])cc1/C=C(\C)C(=O)O. The number of carbonyl (C=O) groups is 1. The standard InChI is InChI=1S/C11H11NO4Se/c1-7(11(13)14)5-8-6-9(12(15)16)3-4-10(8)17-2/h3-6H,1-2H3,(H,13,14)/b7-5+. The molecule has 5 nitrogen and oxygen atoms in total. The maximum atomic E-state index is 10.7. The van der Waals surface area contributed by atoms with Crippen molar-refractivity contribution < 1.29 is 14.8 Å². The van der Waals surface area contributed by atoms with Crippen LogP contribution >= 0.6 is 0 Å². The van der Waals surface area contributed by atoms with Gasteiger partial charge in [0.15, 0.2) is 0 Å². The summed E-state index contributed by atoms with van der Waals surface area (Å²) >= 11 is 0.153. The number of nitro benzene ring substituents is 1. The van der Waals surface area contributed by atoms with E-state index in [9.17, 15) is 14.9 Å². The van der Waals surface area contributed by atoms with Crippen LogP contribution in [0.5, 0.6) is 0 Å². The normalized spacial score (nSPS) is 11.3. The van der Waals surface area contributed by atoms with Crippen LogP contribution in [0.15, 0.2) is 23.8 Å². The van der Waals surface area contributed by atoms with Crippen molar-refractivity contribution in [3.63, 3.8) is 0 Å². The molecule has 0 saturated heterocycles. The van der Waals surface area contributed by atoms with E-state index >= 15 is 0 Å². The molecule has 0 amide bonds. The second-order valence-corrected chi connectivity index (χ2v) is 5.10. The molecule has 0 bridgehead atoms. The number of hydrogen-bond acceptors (Lipinski definition) is 3. The fourth-order valence-corrected chi connectivity index (χ4v) is 2.41. The molecule has 0 aromatic heterocycles. The molecule has 0 spiro atoms.